The first-order valence-electron chi connectivity index (χ1n) is 5.32. The Labute approximate surface area is 91.0 Å². The van der Waals surface area contributed by atoms with E-state index < -0.39 is 0 Å². The van der Waals surface area contributed by atoms with Crippen LogP contribution in [0.4, 0.5) is 5.69 Å². The smallest absolute Gasteiger partial charge is 0.120 e. The van der Waals surface area contributed by atoms with E-state index in [4.69, 9.17) is 4.74 Å². The van der Waals surface area contributed by atoms with Gasteiger partial charge in [-0.05, 0) is 18.6 Å². The minimum absolute atomic E-state index is 0.522. The average molecular weight is 206 g/mol. The van der Waals surface area contributed by atoms with Crippen molar-refractivity contribution in [3.63, 3.8) is 0 Å². The van der Waals surface area contributed by atoms with Crippen LogP contribution in [0.3, 0.4) is 0 Å². The van der Waals surface area contributed by atoms with Crippen molar-refractivity contribution >= 4 is 5.69 Å². The Morgan fingerprint density at radius 1 is 1.47 bits per heavy atom. The van der Waals surface area contributed by atoms with Gasteiger partial charge in [-0.2, -0.15) is 0 Å². The number of hydrogen-bond acceptors (Lipinski definition) is 3. The highest BCUT2D eigenvalue weighted by Gasteiger charge is 2.16. The van der Waals surface area contributed by atoms with Gasteiger partial charge in [-0.1, -0.05) is 6.07 Å². The van der Waals surface area contributed by atoms with Crippen LogP contribution in [0.15, 0.2) is 18.2 Å². The van der Waals surface area contributed by atoms with Gasteiger partial charge in [-0.3, -0.25) is 0 Å². The molecule has 15 heavy (non-hydrogen) atoms. The van der Waals surface area contributed by atoms with Crippen LogP contribution >= 0.6 is 0 Å². The molecular formula is C12H18N2O. The van der Waals surface area contributed by atoms with E-state index in [0.717, 1.165) is 18.8 Å². The van der Waals surface area contributed by atoms with Crippen molar-refractivity contribution in [1.82, 2.24) is 5.32 Å². The SMILES string of the molecule is COc1ccc2c(c1)N(C)CC(C)NC2. The molecule has 0 spiro atoms. The molecule has 0 radical (unpaired) electrons. The molecule has 0 saturated carbocycles. The van der Waals surface area contributed by atoms with Crippen LogP contribution in [0.1, 0.15) is 12.5 Å². The van der Waals surface area contributed by atoms with E-state index in [1.54, 1.807) is 7.11 Å². The first-order valence-corrected chi connectivity index (χ1v) is 5.32. The molecule has 0 aliphatic carbocycles. The van der Waals surface area contributed by atoms with Crippen molar-refractivity contribution in [2.24, 2.45) is 0 Å². The molecule has 3 nitrogen and oxygen atoms in total. The fourth-order valence-corrected chi connectivity index (χ4v) is 2.03. The lowest BCUT2D eigenvalue weighted by atomic mass is 10.1. The Morgan fingerprint density at radius 2 is 2.27 bits per heavy atom. The van der Waals surface area contributed by atoms with Gasteiger partial charge in [0, 0.05) is 37.9 Å². The quantitative estimate of drug-likeness (QED) is 0.755. The van der Waals surface area contributed by atoms with Gasteiger partial charge < -0.3 is 15.0 Å². The van der Waals surface area contributed by atoms with E-state index >= 15 is 0 Å². The summed E-state index contributed by atoms with van der Waals surface area (Å²) in [5, 5.41) is 3.49. The fraction of sp³-hybridized carbons (Fsp3) is 0.500. The highest BCUT2D eigenvalue weighted by atomic mass is 16.5. The molecule has 1 unspecified atom stereocenters. The summed E-state index contributed by atoms with van der Waals surface area (Å²) in [5.74, 6) is 0.926. The summed E-state index contributed by atoms with van der Waals surface area (Å²) in [6.07, 6.45) is 0. The van der Waals surface area contributed by atoms with Crippen molar-refractivity contribution in [2.45, 2.75) is 19.5 Å². The van der Waals surface area contributed by atoms with Crippen molar-refractivity contribution in [3.8, 4) is 5.75 Å². The summed E-state index contributed by atoms with van der Waals surface area (Å²) < 4.78 is 5.25. The van der Waals surface area contributed by atoms with Crippen molar-refractivity contribution < 1.29 is 4.74 Å². The molecule has 82 valence electrons. The molecule has 1 aromatic carbocycles. The van der Waals surface area contributed by atoms with E-state index in [0.29, 0.717) is 6.04 Å². The molecule has 1 N–H and O–H groups in total. The van der Waals surface area contributed by atoms with Crippen LogP contribution in [-0.4, -0.2) is 26.7 Å². The van der Waals surface area contributed by atoms with E-state index in [1.165, 1.54) is 11.3 Å². The summed E-state index contributed by atoms with van der Waals surface area (Å²) in [5.41, 5.74) is 2.61. The predicted octanol–water partition coefficient (Wildman–Crippen LogP) is 1.62. The molecule has 1 heterocycles. The number of anilines is 1. The molecule has 2 rings (SSSR count). The standard InChI is InChI=1S/C12H18N2O/c1-9-8-14(2)12-6-11(15-3)5-4-10(12)7-13-9/h4-6,9,13H,7-8H2,1-3H3. The number of ether oxygens (including phenoxy) is 1. The molecule has 0 fully saturated rings. The summed E-state index contributed by atoms with van der Waals surface area (Å²) in [6, 6.07) is 6.78. The lowest BCUT2D eigenvalue weighted by molar-refractivity contribution is 0.414. The lowest BCUT2D eigenvalue weighted by Crippen LogP contribution is -2.33. The topological polar surface area (TPSA) is 24.5 Å². The Morgan fingerprint density at radius 3 is 3.00 bits per heavy atom. The zero-order chi connectivity index (χ0) is 10.8. The summed E-state index contributed by atoms with van der Waals surface area (Å²) >= 11 is 0. The van der Waals surface area contributed by atoms with Gasteiger partial charge in [0.2, 0.25) is 0 Å². The molecule has 0 amide bonds. The monoisotopic (exact) mass is 206 g/mol. The third-order valence-corrected chi connectivity index (χ3v) is 2.89. The van der Waals surface area contributed by atoms with Crippen molar-refractivity contribution in [1.29, 1.82) is 0 Å². The van der Waals surface area contributed by atoms with Gasteiger partial charge in [0.05, 0.1) is 7.11 Å². The Balaban J connectivity index is 2.36. The Hall–Kier alpha value is -1.22. The number of methoxy groups -OCH3 is 1. The molecule has 0 saturated heterocycles. The number of likely N-dealkylation sites (N-methyl/N-ethyl adjacent to an activating group) is 1. The number of fused-ring (bicyclic) bond motifs is 1. The maximum absolute atomic E-state index is 5.25. The van der Waals surface area contributed by atoms with Crippen molar-refractivity contribution in [3.05, 3.63) is 23.8 Å². The third-order valence-electron chi connectivity index (χ3n) is 2.89. The first kappa shape index (κ1) is 10.3. The second-order valence-corrected chi connectivity index (χ2v) is 4.16. The molecule has 1 aromatic rings. The van der Waals surface area contributed by atoms with E-state index in [9.17, 15) is 0 Å². The Kier molecular flexibility index (Phi) is 2.82. The number of benzene rings is 1. The lowest BCUT2D eigenvalue weighted by Gasteiger charge is -2.21. The van der Waals surface area contributed by atoms with E-state index in [-0.39, 0.29) is 0 Å². The molecule has 1 aliphatic rings. The number of hydrogen-bond donors (Lipinski definition) is 1. The number of nitrogens with zero attached hydrogens (tertiary/aromatic N) is 1. The van der Waals surface area contributed by atoms with Crippen LogP contribution in [-0.2, 0) is 6.54 Å². The second kappa shape index (κ2) is 4.11. The molecule has 3 heteroatoms. The minimum atomic E-state index is 0.522. The maximum atomic E-state index is 5.25. The highest BCUT2D eigenvalue weighted by Crippen LogP contribution is 2.27. The van der Waals surface area contributed by atoms with Gasteiger partial charge in [-0.25, -0.2) is 0 Å². The largest absolute Gasteiger partial charge is 0.497 e. The Bertz CT molecular complexity index is 351. The van der Waals surface area contributed by atoms with Gasteiger partial charge >= 0.3 is 0 Å². The molecule has 1 atom stereocenters. The maximum Gasteiger partial charge on any atom is 0.120 e. The van der Waals surface area contributed by atoms with Gasteiger partial charge in [0.15, 0.2) is 0 Å². The molecule has 0 aromatic heterocycles. The van der Waals surface area contributed by atoms with Crippen LogP contribution in [0.25, 0.3) is 0 Å². The normalized spacial score (nSPS) is 20.7. The molecule has 0 bridgehead atoms. The molecule has 1 aliphatic heterocycles. The summed E-state index contributed by atoms with van der Waals surface area (Å²) in [4.78, 5) is 2.28. The fourth-order valence-electron chi connectivity index (χ4n) is 2.03. The zero-order valence-electron chi connectivity index (χ0n) is 9.58. The predicted molar refractivity (Wildman–Crippen MR) is 62.6 cm³/mol. The van der Waals surface area contributed by atoms with Crippen LogP contribution in [0.5, 0.6) is 5.75 Å². The third kappa shape index (κ3) is 2.07. The minimum Gasteiger partial charge on any atom is -0.497 e. The second-order valence-electron chi connectivity index (χ2n) is 4.16. The van der Waals surface area contributed by atoms with Gasteiger partial charge in [-0.15, -0.1) is 0 Å². The zero-order valence-corrected chi connectivity index (χ0v) is 9.58. The highest BCUT2D eigenvalue weighted by molar-refractivity contribution is 5.57. The first-order chi connectivity index (χ1) is 7.20. The number of nitrogens with one attached hydrogen (secondary N) is 1. The van der Waals surface area contributed by atoms with Gasteiger partial charge in [0.25, 0.3) is 0 Å². The van der Waals surface area contributed by atoms with Crippen LogP contribution in [0, 0.1) is 0 Å². The van der Waals surface area contributed by atoms with Gasteiger partial charge in [0.1, 0.15) is 5.75 Å². The van der Waals surface area contributed by atoms with Crippen LogP contribution < -0.4 is 15.0 Å². The molecular weight excluding hydrogens is 188 g/mol. The summed E-state index contributed by atoms with van der Waals surface area (Å²) in [7, 11) is 3.83. The van der Waals surface area contributed by atoms with Crippen LogP contribution in [0.2, 0.25) is 0 Å². The van der Waals surface area contributed by atoms with E-state index in [1.807, 2.05) is 6.07 Å². The number of rotatable bonds is 1. The van der Waals surface area contributed by atoms with E-state index in [2.05, 4.69) is 36.3 Å². The summed E-state index contributed by atoms with van der Waals surface area (Å²) in [6.45, 7) is 4.17. The van der Waals surface area contributed by atoms with Crippen molar-refractivity contribution in [2.75, 3.05) is 25.6 Å². The average Bonchev–Trinajstić information content (AvgIpc) is 2.38.